The summed E-state index contributed by atoms with van der Waals surface area (Å²) in [6.07, 6.45) is 1.82. The zero-order chi connectivity index (χ0) is 21.6. The number of oxazole rings is 1. The first-order chi connectivity index (χ1) is 14.9. The number of aromatic nitrogens is 1. The largest absolute Gasteiger partial charge is 0.508 e. The van der Waals surface area contributed by atoms with Gasteiger partial charge in [0.15, 0.2) is 5.58 Å². The number of amides is 1. The van der Waals surface area contributed by atoms with Gasteiger partial charge in [0.25, 0.3) is 0 Å². The highest BCUT2D eigenvalue weighted by Gasteiger charge is 2.52. The van der Waals surface area contributed by atoms with Gasteiger partial charge in [-0.2, -0.15) is 27.0 Å². The molecule has 1 aliphatic heterocycles. The molecule has 2 heterocycles. The molecule has 5 rings (SSSR count). The second-order valence-corrected chi connectivity index (χ2v) is 8.63. The SMILES string of the molecule is O=C(N[C@H](CN1CC[C@H](O)C1)c1cccc(O)c1)C1(c2ccc3oc(=O)[nH]c3c2)CC1.S.S. The number of aliphatic hydroxyl groups is 1. The van der Waals surface area contributed by atoms with E-state index in [9.17, 15) is 19.8 Å². The van der Waals surface area contributed by atoms with E-state index in [1.54, 1.807) is 24.3 Å². The number of H-pyrrole nitrogens is 1. The lowest BCUT2D eigenvalue weighted by atomic mass is 9.93. The number of rotatable bonds is 6. The van der Waals surface area contributed by atoms with E-state index in [4.69, 9.17) is 4.42 Å². The highest BCUT2D eigenvalue weighted by atomic mass is 32.1. The molecule has 10 heteroatoms. The summed E-state index contributed by atoms with van der Waals surface area (Å²) in [6, 6.07) is 12.0. The van der Waals surface area contributed by atoms with Crippen molar-refractivity contribution in [2.45, 2.75) is 36.8 Å². The lowest BCUT2D eigenvalue weighted by molar-refractivity contribution is -0.124. The smallest absolute Gasteiger partial charge is 0.417 e. The van der Waals surface area contributed by atoms with Crippen LogP contribution in [0.5, 0.6) is 5.75 Å². The summed E-state index contributed by atoms with van der Waals surface area (Å²) in [5.74, 6) is -0.447. The molecule has 2 fully saturated rings. The highest BCUT2D eigenvalue weighted by Crippen LogP contribution is 2.49. The molecule has 2 aliphatic rings. The number of β-amino-alcohol motifs (C(OH)–C–C–N with tert-alkyl or cyclic N) is 1. The third-order valence-corrected chi connectivity index (χ3v) is 6.42. The fourth-order valence-corrected chi connectivity index (χ4v) is 4.53. The maximum atomic E-state index is 13.4. The van der Waals surface area contributed by atoms with Crippen LogP contribution in [-0.2, 0) is 10.2 Å². The van der Waals surface area contributed by atoms with E-state index < -0.39 is 11.2 Å². The Bertz CT molecular complexity index is 1190. The fraction of sp³-hybridized carbons (Fsp3) is 0.391. The number of carbonyl (C=O) groups is 1. The van der Waals surface area contributed by atoms with Gasteiger partial charge in [0.05, 0.1) is 23.1 Å². The number of benzene rings is 2. The number of phenols is 1. The third-order valence-electron chi connectivity index (χ3n) is 6.42. The van der Waals surface area contributed by atoms with Crippen LogP contribution in [0.15, 0.2) is 51.7 Å². The van der Waals surface area contributed by atoms with Gasteiger partial charge in [-0.15, -0.1) is 0 Å². The number of aromatic hydroxyl groups is 1. The molecule has 1 saturated heterocycles. The Morgan fingerprint density at radius 2 is 2.03 bits per heavy atom. The number of nitrogens with zero attached hydrogens (tertiary/aromatic N) is 1. The summed E-state index contributed by atoms with van der Waals surface area (Å²) in [5, 5.41) is 23.0. The van der Waals surface area contributed by atoms with Crippen molar-refractivity contribution in [2.24, 2.45) is 0 Å². The summed E-state index contributed by atoms with van der Waals surface area (Å²) in [4.78, 5) is 29.7. The van der Waals surface area contributed by atoms with Crippen LogP contribution < -0.4 is 11.1 Å². The Hall–Kier alpha value is -2.40. The number of likely N-dealkylation sites (tertiary alicyclic amines) is 1. The normalized spacial score (nSPS) is 20.0. The van der Waals surface area contributed by atoms with E-state index in [1.165, 1.54) is 0 Å². The van der Waals surface area contributed by atoms with Crippen molar-refractivity contribution in [3.8, 4) is 5.75 Å². The molecule has 2 atom stereocenters. The number of aromatic amines is 1. The Balaban J connectivity index is 0.00000153. The molecule has 0 radical (unpaired) electrons. The maximum absolute atomic E-state index is 13.4. The predicted molar refractivity (Wildman–Crippen MR) is 135 cm³/mol. The summed E-state index contributed by atoms with van der Waals surface area (Å²) < 4.78 is 5.07. The van der Waals surface area contributed by atoms with Crippen LogP contribution in [0.4, 0.5) is 0 Å². The lowest BCUT2D eigenvalue weighted by Gasteiger charge is -2.27. The summed E-state index contributed by atoms with van der Waals surface area (Å²) in [7, 11) is 0. The number of phenolic OH excluding ortho intramolecular Hbond substituents is 1. The number of hydrogen-bond acceptors (Lipinski definition) is 6. The summed E-state index contributed by atoms with van der Waals surface area (Å²) >= 11 is 0. The van der Waals surface area contributed by atoms with Crippen LogP contribution in [0.2, 0.25) is 0 Å². The average Bonchev–Trinajstić information content (AvgIpc) is 3.32. The van der Waals surface area contributed by atoms with E-state index in [0.717, 1.165) is 30.5 Å². The minimum Gasteiger partial charge on any atom is -0.508 e. The number of carbonyl (C=O) groups excluding carboxylic acids is 1. The Morgan fingerprint density at radius 3 is 2.70 bits per heavy atom. The molecule has 3 aromatic rings. The van der Waals surface area contributed by atoms with E-state index in [1.807, 2.05) is 18.2 Å². The highest BCUT2D eigenvalue weighted by molar-refractivity contribution is 7.59. The van der Waals surface area contributed by atoms with Crippen molar-refractivity contribution < 1.29 is 19.4 Å². The maximum Gasteiger partial charge on any atom is 0.417 e. The van der Waals surface area contributed by atoms with Crippen molar-refractivity contribution in [2.75, 3.05) is 19.6 Å². The van der Waals surface area contributed by atoms with Gasteiger partial charge in [0.1, 0.15) is 5.75 Å². The van der Waals surface area contributed by atoms with Crippen molar-refractivity contribution in [1.29, 1.82) is 0 Å². The van der Waals surface area contributed by atoms with Gasteiger partial charge in [-0.1, -0.05) is 18.2 Å². The van der Waals surface area contributed by atoms with Gasteiger partial charge in [0, 0.05) is 19.6 Å². The first kappa shape index (κ1) is 25.2. The molecule has 1 saturated carbocycles. The van der Waals surface area contributed by atoms with Gasteiger partial charge in [-0.05, 0) is 54.7 Å². The molecule has 1 amide bonds. The molecule has 178 valence electrons. The minimum absolute atomic E-state index is 0. The second kappa shape index (κ2) is 9.84. The van der Waals surface area contributed by atoms with Crippen molar-refractivity contribution in [3.05, 3.63) is 64.1 Å². The van der Waals surface area contributed by atoms with Gasteiger partial charge in [-0.3, -0.25) is 14.7 Å². The standard InChI is InChI=1S/C23H25N3O5.2H2S/c27-16-3-1-2-14(10-16)19(13-26-9-6-17(28)12-26)24-21(29)23(7-8-23)15-4-5-20-18(11-15)25-22(30)31-20;;/h1-5,10-11,17,19,27-28H,6-9,12-13H2,(H,24,29)(H,25,30);2*1H2/t17-,19+;;/m0../s1. The second-order valence-electron chi connectivity index (χ2n) is 8.63. The molecule has 0 spiro atoms. The van der Waals surface area contributed by atoms with Crippen molar-refractivity contribution in [3.63, 3.8) is 0 Å². The van der Waals surface area contributed by atoms with Crippen molar-refractivity contribution >= 4 is 44.0 Å². The quantitative estimate of drug-likeness (QED) is 0.419. The molecule has 0 unspecified atom stereocenters. The third kappa shape index (κ3) is 5.08. The van der Waals surface area contributed by atoms with Crippen LogP contribution in [0.3, 0.4) is 0 Å². The van der Waals surface area contributed by atoms with Gasteiger partial charge in [-0.25, -0.2) is 4.79 Å². The molecule has 0 bridgehead atoms. The number of nitrogens with one attached hydrogen (secondary N) is 2. The van der Waals surface area contributed by atoms with Gasteiger partial charge < -0.3 is 19.9 Å². The number of aliphatic hydroxyl groups excluding tert-OH is 1. The fourth-order valence-electron chi connectivity index (χ4n) is 4.53. The summed E-state index contributed by atoms with van der Waals surface area (Å²) in [6.45, 7) is 1.89. The van der Waals surface area contributed by atoms with Gasteiger partial charge in [0.2, 0.25) is 5.91 Å². The Kier molecular flexibility index (Phi) is 7.52. The zero-order valence-corrected chi connectivity index (χ0v) is 20.0. The molecule has 1 aromatic heterocycles. The van der Waals surface area contributed by atoms with E-state index in [2.05, 4.69) is 15.2 Å². The lowest BCUT2D eigenvalue weighted by Crippen LogP contribution is -2.42. The van der Waals surface area contributed by atoms with Gasteiger partial charge >= 0.3 is 5.76 Å². The van der Waals surface area contributed by atoms with Crippen LogP contribution in [-0.4, -0.2) is 51.7 Å². The monoisotopic (exact) mass is 491 g/mol. The first-order valence-corrected chi connectivity index (χ1v) is 10.6. The van der Waals surface area contributed by atoms with E-state index >= 15 is 0 Å². The zero-order valence-electron chi connectivity index (χ0n) is 18.0. The Morgan fingerprint density at radius 1 is 1.24 bits per heavy atom. The molecule has 1 aliphatic carbocycles. The van der Waals surface area contributed by atoms with Crippen LogP contribution in [0.25, 0.3) is 11.1 Å². The van der Waals surface area contributed by atoms with Crippen molar-refractivity contribution in [1.82, 2.24) is 15.2 Å². The van der Waals surface area contributed by atoms with Crippen LogP contribution in [0, 0.1) is 0 Å². The molecule has 33 heavy (non-hydrogen) atoms. The molecular weight excluding hydrogens is 462 g/mol. The molecule has 8 nitrogen and oxygen atoms in total. The average molecular weight is 492 g/mol. The number of hydrogen-bond donors (Lipinski definition) is 4. The minimum atomic E-state index is -0.637. The predicted octanol–water partition coefficient (Wildman–Crippen LogP) is 2.01. The molecule has 2 aromatic carbocycles. The van der Waals surface area contributed by atoms with E-state index in [-0.39, 0.29) is 50.8 Å². The van der Waals surface area contributed by atoms with Crippen LogP contribution >= 0.6 is 27.0 Å². The molecule has 4 N–H and O–H groups in total. The number of fused-ring (bicyclic) bond motifs is 1. The summed E-state index contributed by atoms with van der Waals surface area (Å²) in [5.41, 5.74) is 2.08. The van der Waals surface area contributed by atoms with Crippen LogP contribution in [0.1, 0.15) is 36.4 Å². The van der Waals surface area contributed by atoms with E-state index in [0.29, 0.717) is 30.6 Å². The topological polar surface area (TPSA) is 119 Å². The molecular formula is C23H29N3O5S2. The Labute approximate surface area is 204 Å². The first-order valence-electron chi connectivity index (χ1n) is 10.6.